The Kier molecular flexibility index (Phi) is 6.66. The average Bonchev–Trinajstić information content (AvgIpc) is 2.67. The van der Waals surface area contributed by atoms with Crippen molar-refractivity contribution >= 4 is 11.7 Å². The second kappa shape index (κ2) is 9.16. The van der Waals surface area contributed by atoms with Gasteiger partial charge in [-0.15, -0.1) is 0 Å². The highest BCUT2D eigenvalue weighted by Crippen LogP contribution is 2.23. The Bertz CT molecular complexity index is 584. The molecule has 1 unspecified atom stereocenters. The SMILES string of the molecule is CC(C)C(Nc1cncc(OC2CCCCC2)n1)C(=O)N1CCOCC1. The number of anilines is 1. The molecule has 1 amide bonds. The number of hydrogen-bond acceptors (Lipinski definition) is 6. The molecular weight excluding hydrogens is 332 g/mol. The normalized spacial score (nSPS) is 20.0. The second-order valence-electron chi connectivity index (χ2n) is 7.42. The number of amides is 1. The molecule has 1 aromatic heterocycles. The third kappa shape index (κ3) is 5.06. The fourth-order valence-corrected chi connectivity index (χ4v) is 3.48. The van der Waals surface area contributed by atoms with Gasteiger partial charge in [-0.3, -0.25) is 9.78 Å². The second-order valence-corrected chi connectivity index (χ2v) is 7.42. The molecule has 1 aliphatic carbocycles. The molecule has 1 saturated heterocycles. The van der Waals surface area contributed by atoms with Crippen molar-refractivity contribution in [3.63, 3.8) is 0 Å². The van der Waals surface area contributed by atoms with Gasteiger partial charge in [-0.05, 0) is 31.6 Å². The molecule has 144 valence electrons. The quantitative estimate of drug-likeness (QED) is 0.838. The van der Waals surface area contributed by atoms with Crippen molar-refractivity contribution in [2.45, 2.75) is 58.1 Å². The molecule has 1 N–H and O–H groups in total. The first kappa shape index (κ1) is 18.9. The van der Waals surface area contributed by atoms with E-state index < -0.39 is 0 Å². The van der Waals surface area contributed by atoms with E-state index in [2.05, 4.69) is 15.3 Å². The number of aromatic nitrogens is 2. The third-order valence-corrected chi connectivity index (χ3v) is 5.01. The molecule has 2 aliphatic rings. The third-order valence-electron chi connectivity index (χ3n) is 5.01. The highest BCUT2D eigenvalue weighted by atomic mass is 16.5. The molecule has 26 heavy (non-hydrogen) atoms. The van der Waals surface area contributed by atoms with Gasteiger partial charge < -0.3 is 19.7 Å². The lowest BCUT2D eigenvalue weighted by molar-refractivity contribution is -0.137. The summed E-state index contributed by atoms with van der Waals surface area (Å²) in [6, 6.07) is -0.340. The summed E-state index contributed by atoms with van der Waals surface area (Å²) in [7, 11) is 0. The zero-order chi connectivity index (χ0) is 18.4. The first-order valence-corrected chi connectivity index (χ1v) is 9.75. The van der Waals surface area contributed by atoms with Crippen molar-refractivity contribution in [3.8, 4) is 5.88 Å². The fraction of sp³-hybridized carbons (Fsp3) is 0.737. The Morgan fingerprint density at radius 2 is 1.96 bits per heavy atom. The molecule has 2 fully saturated rings. The van der Waals surface area contributed by atoms with E-state index in [0.29, 0.717) is 38.0 Å². The maximum absolute atomic E-state index is 12.9. The fourth-order valence-electron chi connectivity index (χ4n) is 3.48. The summed E-state index contributed by atoms with van der Waals surface area (Å²) in [6.07, 6.45) is 9.37. The summed E-state index contributed by atoms with van der Waals surface area (Å²) in [6.45, 7) is 6.54. The molecule has 1 aromatic rings. The number of nitrogens with one attached hydrogen (secondary N) is 1. The van der Waals surface area contributed by atoms with Gasteiger partial charge in [0.25, 0.3) is 0 Å². The topological polar surface area (TPSA) is 76.6 Å². The molecule has 1 aliphatic heterocycles. The first-order valence-electron chi connectivity index (χ1n) is 9.75. The first-order chi connectivity index (χ1) is 12.6. The van der Waals surface area contributed by atoms with Gasteiger partial charge in [-0.25, -0.2) is 0 Å². The predicted octanol–water partition coefficient (Wildman–Crippen LogP) is 2.48. The summed E-state index contributed by atoms with van der Waals surface area (Å²) in [5.41, 5.74) is 0. The van der Waals surface area contributed by atoms with Gasteiger partial charge in [0.1, 0.15) is 18.0 Å². The number of morpholine rings is 1. The van der Waals surface area contributed by atoms with E-state index in [1.165, 1.54) is 19.3 Å². The van der Waals surface area contributed by atoms with E-state index in [4.69, 9.17) is 9.47 Å². The van der Waals surface area contributed by atoms with Gasteiger partial charge >= 0.3 is 0 Å². The molecule has 0 bridgehead atoms. The van der Waals surface area contributed by atoms with Crippen molar-refractivity contribution < 1.29 is 14.3 Å². The lowest BCUT2D eigenvalue weighted by Gasteiger charge is -2.32. The lowest BCUT2D eigenvalue weighted by Crippen LogP contribution is -2.49. The number of carbonyl (C=O) groups is 1. The van der Waals surface area contributed by atoms with Crippen LogP contribution in [-0.2, 0) is 9.53 Å². The summed E-state index contributed by atoms with van der Waals surface area (Å²) in [4.78, 5) is 23.5. The number of rotatable bonds is 6. The van der Waals surface area contributed by atoms with Gasteiger partial charge in [-0.1, -0.05) is 20.3 Å². The van der Waals surface area contributed by atoms with Crippen LogP contribution in [0.5, 0.6) is 5.88 Å². The minimum absolute atomic E-state index is 0.0868. The molecule has 0 aromatic carbocycles. The van der Waals surface area contributed by atoms with Crippen molar-refractivity contribution in [2.75, 3.05) is 31.6 Å². The van der Waals surface area contributed by atoms with Crippen LogP contribution < -0.4 is 10.1 Å². The van der Waals surface area contributed by atoms with Gasteiger partial charge in [0.15, 0.2) is 0 Å². The monoisotopic (exact) mass is 362 g/mol. The average molecular weight is 362 g/mol. The largest absolute Gasteiger partial charge is 0.473 e. The molecule has 2 heterocycles. The number of carbonyl (C=O) groups excluding carboxylic acids is 1. The van der Waals surface area contributed by atoms with E-state index in [-0.39, 0.29) is 24.0 Å². The van der Waals surface area contributed by atoms with Crippen LogP contribution in [0.4, 0.5) is 5.82 Å². The standard InChI is InChI=1S/C19H30N4O3/c1-14(2)18(19(24)23-8-10-25-11-9-23)22-16-12-20-13-17(21-16)26-15-6-4-3-5-7-15/h12-15,18H,3-11H2,1-2H3,(H,21,22). The number of nitrogens with zero attached hydrogens (tertiary/aromatic N) is 3. The van der Waals surface area contributed by atoms with E-state index in [1.54, 1.807) is 12.4 Å². The van der Waals surface area contributed by atoms with Crippen LogP contribution >= 0.6 is 0 Å². The highest BCUT2D eigenvalue weighted by Gasteiger charge is 2.28. The van der Waals surface area contributed by atoms with Gasteiger partial charge in [0.05, 0.1) is 25.6 Å². The highest BCUT2D eigenvalue weighted by molar-refractivity contribution is 5.84. The van der Waals surface area contributed by atoms with Crippen molar-refractivity contribution in [1.29, 1.82) is 0 Å². The van der Waals surface area contributed by atoms with Crippen molar-refractivity contribution in [3.05, 3.63) is 12.4 Å². The Hall–Kier alpha value is -1.89. The lowest BCUT2D eigenvalue weighted by atomic mass is 9.98. The van der Waals surface area contributed by atoms with Crippen LogP contribution in [0, 0.1) is 5.92 Å². The molecule has 0 spiro atoms. The molecule has 7 heteroatoms. The Labute approximate surface area is 155 Å². The number of hydrogen-bond donors (Lipinski definition) is 1. The van der Waals surface area contributed by atoms with Crippen LogP contribution in [-0.4, -0.2) is 59.2 Å². The van der Waals surface area contributed by atoms with Gasteiger partial charge in [0.2, 0.25) is 11.8 Å². The predicted molar refractivity (Wildman–Crippen MR) is 99.2 cm³/mol. The van der Waals surface area contributed by atoms with Gasteiger partial charge in [0, 0.05) is 13.1 Å². The zero-order valence-corrected chi connectivity index (χ0v) is 15.8. The molecule has 1 saturated carbocycles. The molecule has 3 rings (SSSR count). The summed E-state index contributed by atoms with van der Waals surface area (Å²) in [5, 5.41) is 3.27. The number of ether oxygens (including phenoxy) is 2. The maximum atomic E-state index is 12.9. The van der Waals surface area contributed by atoms with Crippen LogP contribution in [0.25, 0.3) is 0 Å². The van der Waals surface area contributed by atoms with E-state index in [9.17, 15) is 4.79 Å². The molecular formula is C19H30N4O3. The molecule has 1 atom stereocenters. The molecule has 7 nitrogen and oxygen atoms in total. The van der Waals surface area contributed by atoms with E-state index in [0.717, 1.165) is 12.8 Å². The van der Waals surface area contributed by atoms with Crippen LogP contribution in [0.3, 0.4) is 0 Å². The Morgan fingerprint density at radius 1 is 1.23 bits per heavy atom. The maximum Gasteiger partial charge on any atom is 0.245 e. The summed E-state index contributed by atoms with van der Waals surface area (Å²) in [5.74, 6) is 1.33. The Balaban J connectivity index is 1.64. The zero-order valence-electron chi connectivity index (χ0n) is 15.8. The minimum atomic E-state index is -0.340. The van der Waals surface area contributed by atoms with Crippen molar-refractivity contribution in [2.24, 2.45) is 5.92 Å². The van der Waals surface area contributed by atoms with Crippen LogP contribution in [0.2, 0.25) is 0 Å². The van der Waals surface area contributed by atoms with Crippen LogP contribution in [0.1, 0.15) is 46.0 Å². The smallest absolute Gasteiger partial charge is 0.245 e. The molecule has 0 radical (unpaired) electrons. The van der Waals surface area contributed by atoms with Gasteiger partial charge in [-0.2, -0.15) is 4.98 Å². The van der Waals surface area contributed by atoms with Crippen LogP contribution in [0.15, 0.2) is 12.4 Å². The van der Waals surface area contributed by atoms with E-state index in [1.807, 2.05) is 18.7 Å². The Morgan fingerprint density at radius 3 is 2.65 bits per heavy atom. The summed E-state index contributed by atoms with van der Waals surface area (Å²) < 4.78 is 11.3. The van der Waals surface area contributed by atoms with E-state index >= 15 is 0 Å². The summed E-state index contributed by atoms with van der Waals surface area (Å²) >= 11 is 0. The van der Waals surface area contributed by atoms with Crippen molar-refractivity contribution in [1.82, 2.24) is 14.9 Å². The minimum Gasteiger partial charge on any atom is -0.473 e.